The smallest absolute Gasteiger partial charge is 0.338 e. The highest BCUT2D eigenvalue weighted by molar-refractivity contribution is 7.17. The van der Waals surface area contributed by atoms with Crippen LogP contribution in [0.1, 0.15) is 37.5 Å². The van der Waals surface area contributed by atoms with Crippen molar-refractivity contribution in [1.82, 2.24) is 4.98 Å². The average molecular weight is 296 g/mol. The minimum Gasteiger partial charge on any atom is -0.478 e. The van der Waals surface area contributed by atoms with Crippen LogP contribution in [-0.2, 0) is 6.42 Å². The van der Waals surface area contributed by atoms with Crippen LogP contribution in [0.25, 0.3) is 0 Å². The lowest BCUT2D eigenvalue weighted by Gasteiger charge is -2.02. The van der Waals surface area contributed by atoms with E-state index in [1.807, 2.05) is 6.92 Å². The Bertz CT molecular complexity index is 631. The number of nitrogens with one attached hydrogen (secondary N) is 1. The molecule has 2 aromatic rings. The molecule has 0 fully saturated rings. The summed E-state index contributed by atoms with van der Waals surface area (Å²) in [6.45, 7) is 3.69. The van der Waals surface area contributed by atoms with Crippen LogP contribution in [0.4, 0.5) is 5.00 Å². The molecule has 0 atom stereocenters. The number of thiophene rings is 1. The molecule has 7 heteroatoms. The van der Waals surface area contributed by atoms with Gasteiger partial charge in [-0.15, -0.1) is 22.7 Å². The Kier molecular flexibility index (Phi) is 3.96. The lowest BCUT2D eigenvalue weighted by atomic mass is 10.2. The molecule has 0 aromatic carbocycles. The number of anilines is 1. The first kappa shape index (κ1) is 13.7. The quantitative estimate of drug-likeness (QED) is 0.909. The molecule has 0 aliphatic carbocycles. The maximum absolute atomic E-state index is 12.0. The maximum atomic E-state index is 12.0. The highest BCUT2D eigenvalue weighted by atomic mass is 32.1. The van der Waals surface area contributed by atoms with E-state index in [-0.39, 0.29) is 11.5 Å². The van der Waals surface area contributed by atoms with Gasteiger partial charge in [-0.3, -0.25) is 4.79 Å². The van der Waals surface area contributed by atoms with E-state index in [0.717, 1.165) is 11.3 Å². The number of carboxylic acids is 1. The number of amides is 1. The summed E-state index contributed by atoms with van der Waals surface area (Å²) in [4.78, 5) is 28.6. The Morgan fingerprint density at radius 2 is 2.21 bits per heavy atom. The number of rotatable bonds is 4. The van der Waals surface area contributed by atoms with Gasteiger partial charge < -0.3 is 10.4 Å². The summed E-state index contributed by atoms with van der Waals surface area (Å²) in [5.41, 5.74) is 2.37. The third kappa shape index (κ3) is 2.82. The monoisotopic (exact) mass is 296 g/mol. The van der Waals surface area contributed by atoms with E-state index in [1.54, 1.807) is 18.5 Å². The molecule has 0 saturated heterocycles. The van der Waals surface area contributed by atoms with Crippen LogP contribution in [0.15, 0.2) is 11.6 Å². The highest BCUT2D eigenvalue weighted by Gasteiger charge is 2.19. The average Bonchev–Trinajstić information content (AvgIpc) is 2.95. The van der Waals surface area contributed by atoms with E-state index in [9.17, 15) is 9.59 Å². The summed E-state index contributed by atoms with van der Waals surface area (Å²) in [6, 6.07) is 1.60. The highest BCUT2D eigenvalue weighted by Crippen LogP contribution is 2.29. The number of hydrogen-bond acceptors (Lipinski definition) is 5. The molecule has 2 heterocycles. The van der Waals surface area contributed by atoms with Crippen LogP contribution < -0.4 is 5.32 Å². The molecule has 0 spiro atoms. The topological polar surface area (TPSA) is 79.3 Å². The zero-order valence-corrected chi connectivity index (χ0v) is 12.0. The largest absolute Gasteiger partial charge is 0.478 e. The molecule has 2 N–H and O–H groups in total. The lowest BCUT2D eigenvalue weighted by Crippen LogP contribution is -2.12. The van der Waals surface area contributed by atoms with Crippen molar-refractivity contribution in [1.29, 1.82) is 0 Å². The molecule has 19 heavy (non-hydrogen) atoms. The first-order chi connectivity index (χ1) is 9.02. The van der Waals surface area contributed by atoms with Crippen molar-refractivity contribution in [3.63, 3.8) is 0 Å². The molecule has 1 amide bonds. The van der Waals surface area contributed by atoms with Crippen LogP contribution in [0, 0.1) is 6.92 Å². The van der Waals surface area contributed by atoms with Gasteiger partial charge in [0.1, 0.15) is 9.88 Å². The predicted octanol–water partition coefficient (Wildman–Crippen LogP) is 3.03. The molecule has 0 saturated carbocycles. The number of carbonyl (C=O) groups is 2. The fourth-order valence-corrected chi connectivity index (χ4v) is 3.23. The Balaban J connectivity index is 2.28. The normalized spacial score (nSPS) is 10.4. The zero-order chi connectivity index (χ0) is 14.0. The van der Waals surface area contributed by atoms with Gasteiger partial charge in [-0.25, -0.2) is 9.78 Å². The molecule has 0 radical (unpaired) electrons. The Morgan fingerprint density at radius 3 is 2.74 bits per heavy atom. The third-order valence-corrected chi connectivity index (χ3v) is 4.66. The molecular formula is C12H12N2O3S2. The second kappa shape index (κ2) is 5.50. The first-order valence-electron chi connectivity index (χ1n) is 5.60. The van der Waals surface area contributed by atoms with Gasteiger partial charge in [-0.1, -0.05) is 6.92 Å². The fourth-order valence-electron chi connectivity index (χ4n) is 1.55. The fraction of sp³-hybridized carbons (Fsp3) is 0.250. The van der Waals surface area contributed by atoms with E-state index in [4.69, 9.17) is 5.11 Å². The SMILES string of the molecule is CCc1cc(C(=O)O)c(NC(=O)c2scnc2C)s1. The van der Waals surface area contributed by atoms with Gasteiger partial charge >= 0.3 is 5.97 Å². The minimum absolute atomic E-state index is 0.136. The Hall–Kier alpha value is -1.73. The molecule has 100 valence electrons. The Morgan fingerprint density at radius 1 is 1.47 bits per heavy atom. The van der Waals surface area contributed by atoms with Crippen LogP contribution >= 0.6 is 22.7 Å². The number of carbonyl (C=O) groups excluding carboxylic acids is 1. The summed E-state index contributed by atoms with van der Waals surface area (Å²) >= 11 is 2.53. The molecule has 5 nitrogen and oxygen atoms in total. The van der Waals surface area contributed by atoms with Crippen molar-refractivity contribution in [2.24, 2.45) is 0 Å². The van der Waals surface area contributed by atoms with Crippen molar-refractivity contribution >= 4 is 39.6 Å². The van der Waals surface area contributed by atoms with E-state index in [2.05, 4.69) is 10.3 Å². The molecule has 0 unspecified atom stereocenters. The van der Waals surface area contributed by atoms with Crippen LogP contribution in [0.5, 0.6) is 0 Å². The number of aryl methyl sites for hydroxylation is 2. The van der Waals surface area contributed by atoms with E-state index in [1.165, 1.54) is 22.7 Å². The van der Waals surface area contributed by atoms with Crippen LogP contribution in [0.3, 0.4) is 0 Å². The number of aromatic nitrogens is 1. The standard InChI is InChI=1S/C12H12N2O3S2/c1-3-7-4-8(12(16)17)11(19-7)14-10(15)9-6(2)13-5-18-9/h4-5H,3H2,1-2H3,(H,14,15)(H,16,17). The van der Waals surface area contributed by atoms with Gasteiger partial charge in [0.25, 0.3) is 5.91 Å². The maximum Gasteiger partial charge on any atom is 0.338 e. The van der Waals surface area contributed by atoms with Crippen molar-refractivity contribution < 1.29 is 14.7 Å². The van der Waals surface area contributed by atoms with Gasteiger partial charge in [0.05, 0.1) is 16.8 Å². The second-order valence-corrected chi connectivity index (χ2v) is 5.83. The van der Waals surface area contributed by atoms with Gasteiger partial charge in [-0.05, 0) is 19.4 Å². The van der Waals surface area contributed by atoms with Gasteiger partial charge in [0.15, 0.2) is 0 Å². The second-order valence-electron chi connectivity index (χ2n) is 3.84. The molecule has 0 aliphatic rings. The number of aromatic carboxylic acids is 1. The molecule has 0 aliphatic heterocycles. The summed E-state index contributed by atoms with van der Waals surface area (Å²) in [5, 5.41) is 12.2. The first-order valence-corrected chi connectivity index (χ1v) is 7.30. The van der Waals surface area contributed by atoms with E-state index < -0.39 is 5.97 Å². The number of nitrogens with zero attached hydrogens (tertiary/aromatic N) is 1. The minimum atomic E-state index is -1.03. The summed E-state index contributed by atoms with van der Waals surface area (Å²) in [5.74, 6) is -1.35. The summed E-state index contributed by atoms with van der Waals surface area (Å²) < 4.78 is 0. The van der Waals surface area contributed by atoms with Crippen LogP contribution in [-0.4, -0.2) is 22.0 Å². The predicted molar refractivity (Wildman–Crippen MR) is 75.5 cm³/mol. The van der Waals surface area contributed by atoms with Gasteiger partial charge in [0.2, 0.25) is 0 Å². The van der Waals surface area contributed by atoms with E-state index >= 15 is 0 Å². The van der Waals surface area contributed by atoms with Crippen molar-refractivity contribution in [3.05, 3.63) is 32.6 Å². The zero-order valence-electron chi connectivity index (χ0n) is 10.4. The van der Waals surface area contributed by atoms with Crippen LogP contribution in [0.2, 0.25) is 0 Å². The van der Waals surface area contributed by atoms with Gasteiger partial charge in [-0.2, -0.15) is 0 Å². The molecular weight excluding hydrogens is 284 g/mol. The van der Waals surface area contributed by atoms with E-state index in [0.29, 0.717) is 15.6 Å². The van der Waals surface area contributed by atoms with Gasteiger partial charge in [0, 0.05) is 4.88 Å². The van der Waals surface area contributed by atoms with Crippen molar-refractivity contribution in [2.75, 3.05) is 5.32 Å². The third-order valence-electron chi connectivity index (χ3n) is 2.54. The molecule has 2 aromatic heterocycles. The number of thiazole rings is 1. The molecule has 2 rings (SSSR count). The Labute approximate surface area is 117 Å². The number of hydrogen-bond donors (Lipinski definition) is 2. The number of carboxylic acid groups (broad SMARTS) is 1. The summed E-state index contributed by atoms with van der Waals surface area (Å²) in [7, 11) is 0. The lowest BCUT2D eigenvalue weighted by molar-refractivity contribution is 0.0698. The molecule has 0 bridgehead atoms. The van der Waals surface area contributed by atoms with Crippen molar-refractivity contribution in [2.45, 2.75) is 20.3 Å². The summed E-state index contributed by atoms with van der Waals surface area (Å²) in [6.07, 6.45) is 0.737. The van der Waals surface area contributed by atoms with Crippen molar-refractivity contribution in [3.8, 4) is 0 Å².